The van der Waals surface area contributed by atoms with Crippen molar-refractivity contribution in [2.24, 2.45) is 5.41 Å². The second kappa shape index (κ2) is 6.34. The van der Waals surface area contributed by atoms with Crippen LogP contribution in [0.1, 0.15) is 20.3 Å². The molecule has 0 saturated carbocycles. The number of hydrogen-bond donors (Lipinski definition) is 2. The minimum Gasteiger partial charge on any atom is -0.385 e. The zero-order chi connectivity index (χ0) is 13.6. The molecule has 1 aromatic rings. The number of methoxy groups -OCH3 is 1. The minimum atomic E-state index is -0.106. The summed E-state index contributed by atoms with van der Waals surface area (Å²) in [6.07, 6.45) is 2.32. The highest BCUT2D eigenvalue weighted by Crippen LogP contribution is 2.18. The molecule has 0 aliphatic heterocycles. The molecule has 0 aromatic carbocycles. The summed E-state index contributed by atoms with van der Waals surface area (Å²) in [6, 6.07) is 0. The number of amides is 1. The van der Waals surface area contributed by atoms with Crippen LogP contribution < -0.4 is 11.1 Å². The Balaban J connectivity index is 2.32. The largest absolute Gasteiger partial charge is 0.385 e. The molecule has 102 valence electrons. The van der Waals surface area contributed by atoms with Gasteiger partial charge in [-0.05, 0) is 11.8 Å². The number of nitrogens with one attached hydrogen (secondary N) is 1. The fourth-order valence-electron chi connectivity index (χ4n) is 1.39. The van der Waals surface area contributed by atoms with Crippen LogP contribution >= 0.6 is 0 Å². The predicted octanol–water partition coefficient (Wildman–Crippen LogP) is 0.0392. The summed E-state index contributed by atoms with van der Waals surface area (Å²) in [5, 5.41) is 6.71. The van der Waals surface area contributed by atoms with Gasteiger partial charge in [0.1, 0.15) is 12.9 Å². The summed E-state index contributed by atoms with van der Waals surface area (Å²) >= 11 is 0. The topological polar surface area (TPSA) is 95.1 Å². The number of carbonyl (C=O) groups excluding carboxylic acids is 1. The molecular formula is C11H21N5O2. The van der Waals surface area contributed by atoms with Gasteiger partial charge in [-0.1, -0.05) is 13.8 Å². The van der Waals surface area contributed by atoms with Gasteiger partial charge >= 0.3 is 0 Å². The smallest absolute Gasteiger partial charge is 0.241 e. The molecule has 18 heavy (non-hydrogen) atoms. The van der Waals surface area contributed by atoms with Crippen molar-refractivity contribution in [1.29, 1.82) is 0 Å². The van der Waals surface area contributed by atoms with Crippen LogP contribution in [-0.4, -0.2) is 40.9 Å². The lowest BCUT2D eigenvalue weighted by Gasteiger charge is -2.24. The molecule has 1 aromatic heterocycles. The molecule has 0 atom stereocenters. The number of nitrogen functional groups attached to an aromatic ring is 1. The lowest BCUT2D eigenvalue weighted by Crippen LogP contribution is -2.36. The van der Waals surface area contributed by atoms with Crippen molar-refractivity contribution < 1.29 is 9.53 Å². The van der Waals surface area contributed by atoms with Crippen molar-refractivity contribution in [3.63, 3.8) is 0 Å². The Hall–Kier alpha value is -1.63. The van der Waals surface area contributed by atoms with Crippen LogP contribution in [0.25, 0.3) is 0 Å². The number of hydrogen-bond acceptors (Lipinski definition) is 5. The van der Waals surface area contributed by atoms with Gasteiger partial charge in [0, 0.05) is 20.3 Å². The third-order valence-corrected chi connectivity index (χ3v) is 2.61. The Morgan fingerprint density at radius 3 is 2.89 bits per heavy atom. The van der Waals surface area contributed by atoms with Crippen LogP contribution in [0.4, 0.5) is 5.95 Å². The summed E-state index contributed by atoms with van der Waals surface area (Å²) in [7, 11) is 1.67. The van der Waals surface area contributed by atoms with Crippen LogP contribution in [-0.2, 0) is 16.1 Å². The van der Waals surface area contributed by atoms with Crippen LogP contribution in [0.3, 0.4) is 0 Å². The number of ether oxygens (including phenoxy) is 1. The maximum absolute atomic E-state index is 11.7. The van der Waals surface area contributed by atoms with Gasteiger partial charge in [0.25, 0.3) is 0 Å². The molecule has 0 saturated heterocycles. The van der Waals surface area contributed by atoms with Crippen LogP contribution in [0.15, 0.2) is 6.33 Å². The quantitative estimate of drug-likeness (QED) is 0.717. The first kappa shape index (κ1) is 14.4. The number of carbonyl (C=O) groups is 1. The van der Waals surface area contributed by atoms with E-state index in [2.05, 4.69) is 29.2 Å². The number of aromatic nitrogens is 3. The molecular weight excluding hydrogens is 234 g/mol. The summed E-state index contributed by atoms with van der Waals surface area (Å²) in [6.45, 7) is 5.58. The van der Waals surface area contributed by atoms with Crippen LogP contribution in [0.5, 0.6) is 0 Å². The monoisotopic (exact) mass is 255 g/mol. The fourth-order valence-corrected chi connectivity index (χ4v) is 1.39. The zero-order valence-electron chi connectivity index (χ0n) is 11.1. The molecule has 7 heteroatoms. The SMILES string of the molecule is COCCC(C)(C)CNC(=O)Cn1cnc(N)n1. The van der Waals surface area contributed by atoms with Gasteiger partial charge in [-0.2, -0.15) is 0 Å². The number of nitrogens with zero attached hydrogens (tertiary/aromatic N) is 3. The number of anilines is 1. The highest BCUT2D eigenvalue weighted by atomic mass is 16.5. The van der Waals surface area contributed by atoms with Gasteiger partial charge in [0.05, 0.1) is 0 Å². The predicted molar refractivity (Wildman–Crippen MR) is 67.7 cm³/mol. The second-order valence-electron chi connectivity index (χ2n) is 4.98. The maximum atomic E-state index is 11.7. The molecule has 3 N–H and O–H groups in total. The Labute approximate surface area is 107 Å². The lowest BCUT2D eigenvalue weighted by atomic mass is 9.90. The second-order valence-corrected chi connectivity index (χ2v) is 4.98. The van der Waals surface area contributed by atoms with Gasteiger partial charge in [0.2, 0.25) is 11.9 Å². The van der Waals surface area contributed by atoms with E-state index in [1.54, 1.807) is 7.11 Å². The summed E-state index contributed by atoms with van der Waals surface area (Å²) < 4.78 is 6.44. The molecule has 0 aliphatic carbocycles. The highest BCUT2D eigenvalue weighted by Gasteiger charge is 2.18. The van der Waals surface area contributed by atoms with Crippen LogP contribution in [0, 0.1) is 5.41 Å². The number of nitrogens with two attached hydrogens (primary N) is 1. The molecule has 0 fully saturated rings. The van der Waals surface area contributed by atoms with Crippen molar-refractivity contribution in [2.45, 2.75) is 26.8 Å². The van der Waals surface area contributed by atoms with Crippen molar-refractivity contribution >= 4 is 11.9 Å². The molecule has 7 nitrogen and oxygen atoms in total. The van der Waals surface area contributed by atoms with E-state index in [-0.39, 0.29) is 23.8 Å². The van der Waals surface area contributed by atoms with Gasteiger partial charge in [0.15, 0.2) is 0 Å². The van der Waals surface area contributed by atoms with E-state index in [0.29, 0.717) is 13.2 Å². The van der Waals surface area contributed by atoms with Crippen LogP contribution in [0.2, 0.25) is 0 Å². The van der Waals surface area contributed by atoms with Gasteiger partial charge in [-0.25, -0.2) is 9.67 Å². The first-order valence-electron chi connectivity index (χ1n) is 5.83. The Kier molecular flexibility index (Phi) is 5.08. The van der Waals surface area contributed by atoms with E-state index in [4.69, 9.17) is 10.5 Å². The van der Waals surface area contributed by atoms with E-state index in [1.165, 1.54) is 11.0 Å². The van der Waals surface area contributed by atoms with E-state index >= 15 is 0 Å². The first-order valence-corrected chi connectivity index (χ1v) is 5.83. The summed E-state index contributed by atoms with van der Waals surface area (Å²) in [5.74, 6) is 0.0635. The van der Waals surface area contributed by atoms with E-state index in [1.807, 2.05) is 0 Å². The summed E-state index contributed by atoms with van der Waals surface area (Å²) in [5.41, 5.74) is 5.37. The summed E-state index contributed by atoms with van der Waals surface area (Å²) in [4.78, 5) is 15.4. The molecule has 1 amide bonds. The van der Waals surface area contributed by atoms with Gasteiger partial charge < -0.3 is 15.8 Å². The average molecular weight is 255 g/mol. The molecule has 0 unspecified atom stereocenters. The van der Waals surface area contributed by atoms with Crippen molar-refractivity contribution in [1.82, 2.24) is 20.1 Å². The molecule has 1 heterocycles. The lowest BCUT2D eigenvalue weighted by molar-refractivity contribution is -0.122. The molecule has 0 bridgehead atoms. The zero-order valence-corrected chi connectivity index (χ0v) is 11.1. The Bertz CT molecular complexity index is 389. The maximum Gasteiger partial charge on any atom is 0.241 e. The van der Waals surface area contributed by atoms with E-state index in [0.717, 1.165) is 6.42 Å². The third-order valence-electron chi connectivity index (χ3n) is 2.61. The fraction of sp³-hybridized carbons (Fsp3) is 0.727. The highest BCUT2D eigenvalue weighted by molar-refractivity contribution is 5.75. The van der Waals surface area contributed by atoms with Gasteiger partial charge in [-0.15, -0.1) is 5.10 Å². The van der Waals surface area contributed by atoms with Gasteiger partial charge in [-0.3, -0.25) is 4.79 Å². The normalized spacial score (nSPS) is 11.5. The molecule has 0 radical (unpaired) electrons. The first-order chi connectivity index (χ1) is 8.43. The van der Waals surface area contributed by atoms with Crippen molar-refractivity contribution in [2.75, 3.05) is 26.0 Å². The molecule has 0 spiro atoms. The van der Waals surface area contributed by atoms with E-state index < -0.39 is 0 Å². The Morgan fingerprint density at radius 2 is 2.33 bits per heavy atom. The Morgan fingerprint density at radius 1 is 1.61 bits per heavy atom. The average Bonchev–Trinajstić information content (AvgIpc) is 2.70. The minimum absolute atomic E-state index is 0.00701. The van der Waals surface area contributed by atoms with Crippen molar-refractivity contribution in [3.05, 3.63) is 6.33 Å². The molecule has 0 aliphatic rings. The molecule has 1 rings (SSSR count). The third kappa shape index (κ3) is 5.13. The standard InChI is InChI=1S/C11H21N5O2/c1-11(2,4-5-18-3)7-13-9(17)6-16-8-14-10(12)15-16/h8H,4-7H2,1-3H3,(H2,12,15)(H,13,17). The van der Waals surface area contributed by atoms with E-state index in [9.17, 15) is 4.79 Å². The van der Waals surface area contributed by atoms with Crippen molar-refractivity contribution in [3.8, 4) is 0 Å². The number of rotatable bonds is 7.